The molecule has 1 rings (SSSR count). The fraction of sp³-hybridized carbons (Fsp3) is 0.857. The molecule has 1 aliphatic rings. The lowest BCUT2D eigenvalue weighted by Gasteiger charge is -2.18. The van der Waals surface area contributed by atoms with Gasteiger partial charge >= 0.3 is 0 Å². The van der Waals surface area contributed by atoms with Gasteiger partial charge in [-0.15, -0.1) is 0 Å². The lowest BCUT2D eigenvalue weighted by molar-refractivity contribution is 0.285. The minimum atomic E-state index is -0.0608. The van der Waals surface area contributed by atoms with Crippen LogP contribution in [-0.2, 0) is 0 Å². The predicted molar refractivity (Wildman–Crippen MR) is 35.9 cm³/mol. The summed E-state index contributed by atoms with van der Waals surface area (Å²) in [6, 6.07) is 2.33. The van der Waals surface area contributed by atoms with Crippen LogP contribution in [0.5, 0.6) is 0 Å². The van der Waals surface area contributed by atoms with E-state index in [0.29, 0.717) is 0 Å². The Morgan fingerprint density at radius 1 is 1.67 bits per heavy atom. The zero-order valence-electron chi connectivity index (χ0n) is 6.02. The molecule has 0 aromatic rings. The SMILES string of the molecule is CCN(C)C1(C#N)CC1. The Bertz CT molecular complexity index is 141. The molecule has 0 unspecified atom stereocenters. The van der Waals surface area contributed by atoms with Gasteiger partial charge in [0.05, 0.1) is 6.07 Å². The summed E-state index contributed by atoms with van der Waals surface area (Å²) >= 11 is 0. The normalized spacial score (nSPS) is 21.6. The topological polar surface area (TPSA) is 27.0 Å². The zero-order valence-corrected chi connectivity index (χ0v) is 6.02. The summed E-state index contributed by atoms with van der Waals surface area (Å²) in [6.07, 6.45) is 2.13. The minimum absolute atomic E-state index is 0.0608. The van der Waals surface area contributed by atoms with Crippen LogP contribution in [0.4, 0.5) is 0 Å². The average molecular weight is 124 g/mol. The van der Waals surface area contributed by atoms with Gasteiger partial charge in [0.2, 0.25) is 0 Å². The van der Waals surface area contributed by atoms with Crippen molar-refractivity contribution in [3.05, 3.63) is 0 Å². The van der Waals surface area contributed by atoms with Gasteiger partial charge in [-0.2, -0.15) is 5.26 Å². The van der Waals surface area contributed by atoms with Crippen LogP contribution in [0, 0.1) is 11.3 Å². The quantitative estimate of drug-likeness (QED) is 0.549. The van der Waals surface area contributed by atoms with Crippen molar-refractivity contribution in [1.82, 2.24) is 4.90 Å². The minimum Gasteiger partial charge on any atom is -0.289 e. The highest BCUT2D eigenvalue weighted by Gasteiger charge is 2.46. The maximum Gasteiger partial charge on any atom is 0.109 e. The number of nitrogens with zero attached hydrogens (tertiary/aromatic N) is 2. The van der Waals surface area contributed by atoms with Crippen molar-refractivity contribution >= 4 is 0 Å². The number of hydrogen-bond donors (Lipinski definition) is 0. The summed E-state index contributed by atoms with van der Waals surface area (Å²) in [5.41, 5.74) is -0.0608. The first-order chi connectivity index (χ1) is 4.25. The van der Waals surface area contributed by atoms with Crippen molar-refractivity contribution in [2.24, 2.45) is 0 Å². The Balaban J connectivity index is 2.52. The molecule has 0 atom stereocenters. The van der Waals surface area contributed by atoms with Crippen LogP contribution in [-0.4, -0.2) is 24.0 Å². The molecule has 0 bridgehead atoms. The lowest BCUT2D eigenvalue weighted by atomic mass is 10.3. The van der Waals surface area contributed by atoms with Crippen molar-refractivity contribution in [3.63, 3.8) is 0 Å². The van der Waals surface area contributed by atoms with Crippen molar-refractivity contribution < 1.29 is 0 Å². The molecule has 0 aromatic carbocycles. The first kappa shape index (κ1) is 6.57. The van der Waals surface area contributed by atoms with Gasteiger partial charge in [-0.3, -0.25) is 4.90 Å². The molecule has 0 saturated heterocycles. The molecular weight excluding hydrogens is 112 g/mol. The highest BCUT2D eigenvalue weighted by atomic mass is 15.2. The Hall–Kier alpha value is -0.550. The maximum atomic E-state index is 8.67. The number of hydrogen-bond acceptors (Lipinski definition) is 2. The smallest absolute Gasteiger partial charge is 0.109 e. The van der Waals surface area contributed by atoms with E-state index in [0.717, 1.165) is 19.4 Å². The van der Waals surface area contributed by atoms with Gasteiger partial charge < -0.3 is 0 Å². The van der Waals surface area contributed by atoms with Crippen LogP contribution < -0.4 is 0 Å². The molecule has 1 saturated carbocycles. The molecule has 50 valence electrons. The molecular formula is C7H12N2. The summed E-state index contributed by atoms with van der Waals surface area (Å²) in [5, 5.41) is 8.67. The number of nitriles is 1. The van der Waals surface area contributed by atoms with E-state index in [1.165, 1.54) is 0 Å². The van der Waals surface area contributed by atoms with Crippen LogP contribution in [0.1, 0.15) is 19.8 Å². The predicted octanol–water partition coefficient (Wildman–Crippen LogP) is 0.994. The van der Waals surface area contributed by atoms with E-state index in [9.17, 15) is 0 Å². The van der Waals surface area contributed by atoms with Gasteiger partial charge in [-0.25, -0.2) is 0 Å². The molecule has 0 radical (unpaired) electrons. The first-order valence-corrected chi connectivity index (χ1v) is 3.37. The highest BCUT2D eigenvalue weighted by Crippen LogP contribution is 2.39. The molecule has 0 amide bonds. The van der Waals surface area contributed by atoms with Crippen molar-refractivity contribution in [2.45, 2.75) is 25.3 Å². The van der Waals surface area contributed by atoms with Crippen molar-refractivity contribution in [1.29, 1.82) is 5.26 Å². The van der Waals surface area contributed by atoms with Crippen LogP contribution >= 0.6 is 0 Å². The lowest BCUT2D eigenvalue weighted by Crippen LogP contribution is -2.31. The van der Waals surface area contributed by atoms with Crippen LogP contribution in [0.25, 0.3) is 0 Å². The molecule has 1 aliphatic carbocycles. The summed E-state index contributed by atoms with van der Waals surface area (Å²) in [7, 11) is 2.01. The molecule has 0 heterocycles. The third-order valence-corrected chi connectivity index (χ3v) is 2.14. The summed E-state index contributed by atoms with van der Waals surface area (Å²) < 4.78 is 0. The fourth-order valence-corrected chi connectivity index (χ4v) is 1.000. The van der Waals surface area contributed by atoms with Crippen LogP contribution in [0.15, 0.2) is 0 Å². The van der Waals surface area contributed by atoms with E-state index in [1.807, 2.05) is 7.05 Å². The Kier molecular flexibility index (Phi) is 1.46. The number of rotatable bonds is 2. The third kappa shape index (κ3) is 0.927. The Morgan fingerprint density at radius 2 is 2.22 bits per heavy atom. The molecule has 2 nitrogen and oxygen atoms in total. The van der Waals surface area contributed by atoms with Crippen molar-refractivity contribution in [2.75, 3.05) is 13.6 Å². The van der Waals surface area contributed by atoms with E-state index >= 15 is 0 Å². The van der Waals surface area contributed by atoms with Gasteiger partial charge in [-0.05, 0) is 26.4 Å². The highest BCUT2D eigenvalue weighted by molar-refractivity contribution is 5.18. The molecule has 1 fully saturated rings. The standard InChI is InChI=1S/C7H12N2/c1-3-9(2)7(6-8)4-5-7/h3-5H2,1-2H3. The second-order valence-electron chi connectivity index (χ2n) is 2.66. The molecule has 0 N–H and O–H groups in total. The largest absolute Gasteiger partial charge is 0.289 e. The van der Waals surface area contributed by atoms with E-state index in [2.05, 4.69) is 17.9 Å². The molecule has 9 heavy (non-hydrogen) atoms. The van der Waals surface area contributed by atoms with E-state index in [4.69, 9.17) is 5.26 Å². The molecule has 2 heteroatoms. The van der Waals surface area contributed by atoms with Gasteiger partial charge in [0.25, 0.3) is 0 Å². The third-order valence-electron chi connectivity index (χ3n) is 2.14. The van der Waals surface area contributed by atoms with Gasteiger partial charge in [0.1, 0.15) is 5.54 Å². The summed E-state index contributed by atoms with van der Waals surface area (Å²) in [5.74, 6) is 0. The van der Waals surface area contributed by atoms with Crippen LogP contribution in [0.2, 0.25) is 0 Å². The van der Waals surface area contributed by atoms with Crippen molar-refractivity contribution in [3.8, 4) is 6.07 Å². The molecule has 0 spiro atoms. The maximum absolute atomic E-state index is 8.67. The van der Waals surface area contributed by atoms with E-state index in [-0.39, 0.29) is 5.54 Å². The zero-order chi connectivity index (χ0) is 6.91. The molecule has 0 aromatic heterocycles. The van der Waals surface area contributed by atoms with E-state index in [1.54, 1.807) is 0 Å². The van der Waals surface area contributed by atoms with Gasteiger partial charge in [0.15, 0.2) is 0 Å². The second-order valence-corrected chi connectivity index (χ2v) is 2.66. The van der Waals surface area contributed by atoms with Crippen LogP contribution in [0.3, 0.4) is 0 Å². The van der Waals surface area contributed by atoms with Gasteiger partial charge in [0, 0.05) is 0 Å². The van der Waals surface area contributed by atoms with E-state index < -0.39 is 0 Å². The Labute approximate surface area is 56.1 Å². The molecule has 0 aliphatic heterocycles. The first-order valence-electron chi connectivity index (χ1n) is 3.37. The monoisotopic (exact) mass is 124 g/mol. The Morgan fingerprint density at radius 3 is 2.33 bits per heavy atom. The van der Waals surface area contributed by atoms with Gasteiger partial charge in [-0.1, -0.05) is 6.92 Å². The second kappa shape index (κ2) is 2.00. The summed E-state index contributed by atoms with van der Waals surface area (Å²) in [6.45, 7) is 3.06. The average Bonchev–Trinajstić information content (AvgIpc) is 2.66. The summed E-state index contributed by atoms with van der Waals surface area (Å²) in [4.78, 5) is 2.12. The fourth-order valence-electron chi connectivity index (χ4n) is 1.000.